The summed E-state index contributed by atoms with van der Waals surface area (Å²) in [6.07, 6.45) is 1.80. The molecule has 5 heteroatoms. The van der Waals surface area contributed by atoms with E-state index in [1.54, 1.807) is 12.3 Å². The number of fused-ring (bicyclic) bond motifs is 9. The van der Waals surface area contributed by atoms with Gasteiger partial charge in [0.1, 0.15) is 5.58 Å². The molecule has 0 amide bonds. The minimum atomic E-state index is -2.19. The Labute approximate surface area is 463 Å². The molecule has 0 bridgehead atoms. The number of hydrogen-bond acceptors (Lipinski definition) is 3. The molecule has 0 spiro atoms. The third-order valence-electron chi connectivity index (χ3n) is 14.7. The number of aromatic nitrogens is 3. The van der Waals surface area contributed by atoms with Crippen molar-refractivity contribution in [2.45, 2.75) is 72.6 Å². The summed E-state index contributed by atoms with van der Waals surface area (Å²) in [4.78, 5) is 9.96. The van der Waals surface area contributed by atoms with E-state index in [4.69, 9.17) is 13.5 Å². The molecule has 1 radical (unpaired) electrons. The Morgan fingerprint density at radius 2 is 1.22 bits per heavy atom. The van der Waals surface area contributed by atoms with E-state index in [1.165, 1.54) is 65.8 Å². The molecule has 13 rings (SSSR count). The molecule has 0 atom stereocenters. The van der Waals surface area contributed by atoms with Gasteiger partial charge in [0.05, 0.1) is 22.4 Å². The predicted molar refractivity (Wildman–Crippen MR) is 316 cm³/mol. The quantitative estimate of drug-likeness (QED) is 0.118. The monoisotopic (exact) mass is 1170 g/mol. The minimum absolute atomic E-state index is 0. The standard InChI is InChI=1S/C49H37N2O.C22H22N.Ir/c1-29(2)40-26-35(31-13-6-5-7-14-31)27-41(30(3)4)46(40)51-47-37-18-11-9-16-33(37)23-24-44(47)50-49(51)39-20-12-19-38-43-25-34-22-21-32-15-8-10-17-36(32)42(34)28-45(43)52-48(38)39;1-16-10-11-18(14-20(16)17-8-6-5-7-9-17)21-15-19(12-13-23-21)22(2,3)4;/h5-19,21-30H,1-4H3;5-10,12-15H,1-4H3;/q2*-1;/i;1D3;. The van der Waals surface area contributed by atoms with E-state index in [2.05, 4.69) is 210 Å². The molecule has 0 saturated heterocycles. The first-order valence-corrected chi connectivity index (χ1v) is 26.0. The summed E-state index contributed by atoms with van der Waals surface area (Å²) >= 11 is 0. The number of rotatable bonds is 7. The zero-order chi connectivity index (χ0) is 54.0. The summed E-state index contributed by atoms with van der Waals surface area (Å²) in [7, 11) is 0. The van der Waals surface area contributed by atoms with Crippen molar-refractivity contribution in [3.63, 3.8) is 0 Å². The molecule has 0 aliphatic carbocycles. The van der Waals surface area contributed by atoms with Crippen LogP contribution in [-0.2, 0) is 25.5 Å². The Morgan fingerprint density at radius 3 is 1.92 bits per heavy atom. The van der Waals surface area contributed by atoms with Crippen molar-refractivity contribution in [1.82, 2.24) is 14.5 Å². The number of aryl methyl sites for hydroxylation is 1. The number of hydrogen-bond donors (Lipinski definition) is 0. The van der Waals surface area contributed by atoms with Gasteiger partial charge in [-0.1, -0.05) is 205 Å². The van der Waals surface area contributed by atoms with Crippen molar-refractivity contribution in [3.8, 4) is 50.6 Å². The molecule has 0 aliphatic heterocycles. The minimum Gasteiger partial charge on any atom is -0.501 e. The third kappa shape index (κ3) is 9.12. The average molecular weight is 1170 g/mol. The smallest absolute Gasteiger partial charge is 0.121 e. The van der Waals surface area contributed by atoms with Gasteiger partial charge in [0.2, 0.25) is 0 Å². The molecule has 0 saturated carbocycles. The van der Waals surface area contributed by atoms with E-state index >= 15 is 0 Å². The number of imidazole rings is 1. The molecular weight excluding hydrogens is 1100 g/mol. The molecule has 0 fully saturated rings. The topological polar surface area (TPSA) is 43.9 Å². The van der Waals surface area contributed by atoms with E-state index < -0.39 is 6.85 Å². The van der Waals surface area contributed by atoms with Gasteiger partial charge in [0.25, 0.3) is 0 Å². The summed E-state index contributed by atoms with van der Waals surface area (Å²) < 4.78 is 32.9. The van der Waals surface area contributed by atoms with Crippen LogP contribution in [-0.4, -0.2) is 14.5 Å². The van der Waals surface area contributed by atoms with Gasteiger partial charge in [0.15, 0.2) is 0 Å². The van der Waals surface area contributed by atoms with Crippen LogP contribution in [0.5, 0.6) is 0 Å². The summed E-state index contributed by atoms with van der Waals surface area (Å²) in [5.41, 5.74) is 15.5. The Balaban J connectivity index is 0.000000207. The second-order valence-corrected chi connectivity index (χ2v) is 21.4. The van der Waals surface area contributed by atoms with Crippen LogP contribution in [0.15, 0.2) is 205 Å². The zero-order valence-electron chi connectivity index (χ0n) is 46.8. The van der Waals surface area contributed by atoms with Crippen LogP contribution in [0.1, 0.15) is 86.7 Å². The maximum Gasteiger partial charge on any atom is 0.121 e. The molecule has 3 heterocycles. The first kappa shape index (κ1) is 46.6. The van der Waals surface area contributed by atoms with Crippen LogP contribution < -0.4 is 0 Å². The fourth-order valence-corrected chi connectivity index (χ4v) is 10.8. The fraction of sp³-hybridized carbons (Fsp3) is 0.155. The molecule has 76 heavy (non-hydrogen) atoms. The van der Waals surface area contributed by atoms with E-state index in [9.17, 15) is 0 Å². The average Bonchev–Trinajstić information content (AvgIpc) is 4.22. The van der Waals surface area contributed by atoms with Crippen LogP contribution in [0.3, 0.4) is 0 Å². The Bertz CT molecular complexity index is 4390. The molecule has 4 nitrogen and oxygen atoms in total. The summed E-state index contributed by atoms with van der Waals surface area (Å²) in [6.45, 7) is 13.5. The van der Waals surface area contributed by atoms with Crippen molar-refractivity contribution < 1.29 is 28.6 Å². The van der Waals surface area contributed by atoms with Crippen LogP contribution in [0.2, 0.25) is 0 Å². The van der Waals surface area contributed by atoms with Gasteiger partial charge < -0.3 is 14.0 Å². The van der Waals surface area contributed by atoms with Crippen LogP contribution in [0.4, 0.5) is 0 Å². The second-order valence-electron chi connectivity index (χ2n) is 21.4. The summed E-state index contributed by atoms with van der Waals surface area (Å²) in [6, 6.07) is 74.0. The third-order valence-corrected chi connectivity index (χ3v) is 14.7. The SMILES string of the molecule is CC(C)c1cc(-c2ccccc2)cc(C(C)C)c1-n1c(-c2[c-]ccc3c2oc2cc4c(ccc5ccccc54)cc23)nc2ccc3ccccc3c21.[2H]C([2H])([2H])c1c[c-]c(-c2cc(C(C)(C)C)ccn2)cc1-c1ccccc1.[Ir]. The van der Waals surface area contributed by atoms with Crippen molar-refractivity contribution in [3.05, 3.63) is 235 Å². The number of benzene rings is 10. The van der Waals surface area contributed by atoms with Gasteiger partial charge >= 0.3 is 0 Å². The maximum atomic E-state index is 7.85. The molecule has 13 aromatic rings. The van der Waals surface area contributed by atoms with Crippen molar-refractivity contribution in [2.24, 2.45) is 0 Å². The molecule has 0 N–H and O–H groups in total. The molecule has 3 aromatic heterocycles. The zero-order valence-corrected chi connectivity index (χ0v) is 46.2. The van der Waals surface area contributed by atoms with E-state index in [-0.39, 0.29) is 37.4 Å². The van der Waals surface area contributed by atoms with E-state index in [1.807, 2.05) is 48.5 Å². The van der Waals surface area contributed by atoms with Gasteiger partial charge in [-0.2, -0.15) is 0 Å². The predicted octanol–water partition coefficient (Wildman–Crippen LogP) is 19.6. The normalized spacial score (nSPS) is 12.6. The molecule has 0 aliphatic rings. The van der Waals surface area contributed by atoms with Crippen LogP contribution in [0.25, 0.3) is 116 Å². The Kier molecular flexibility index (Phi) is 12.4. The summed E-state index contributed by atoms with van der Waals surface area (Å²) in [5, 5.41) is 9.36. The van der Waals surface area contributed by atoms with Gasteiger partial charge in [-0.3, -0.25) is 4.98 Å². The van der Waals surface area contributed by atoms with E-state index in [0.29, 0.717) is 11.1 Å². The van der Waals surface area contributed by atoms with Gasteiger partial charge in [0, 0.05) is 46.9 Å². The molecule has 0 unspecified atom stereocenters. The first-order valence-electron chi connectivity index (χ1n) is 27.5. The van der Waals surface area contributed by atoms with Crippen molar-refractivity contribution in [2.75, 3.05) is 0 Å². The summed E-state index contributed by atoms with van der Waals surface area (Å²) in [5.74, 6) is 1.34. The second kappa shape index (κ2) is 20.3. The molecule has 10 aromatic carbocycles. The van der Waals surface area contributed by atoms with Crippen LogP contribution in [0, 0.1) is 19.0 Å². The largest absolute Gasteiger partial charge is 0.501 e. The van der Waals surface area contributed by atoms with E-state index in [0.717, 1.165) is 61.2 Å². The Hall–Kier alpha value is -7.95. The Morgan fingerprint density at radius 1 is 0.579 bits per heavy atom. The van der Waals surface area contributed by atoms with Crippen molar-refractivity contribution >= 4 is 65.3 Å². The first-order chi connectivity index (χ1) is 37.6. The number of furan rings is 1. The van der Waals surface area contributed by atoms with Gasteiger partial charge in [-0.15, -0.1) is 47.5 Å². The fourth-order valence-electron chi connectivity index (χ4n) is 10.8. The number of nitrogens with zero attached hydrogens (tertiary/aromatic N) is 3. The molecule has 375 valence electrons. The van der Waals surface area contributed by atoms with Crippen LogP contribution >= 0.6 is 0 Å². The van der Waals surface area contributed by atoms with Crippen molar-refractivity contribution in [1.29, 1.82) is 0 Å². The van der Waals surface area contributed by atoms with Gasteiger partial charge in [-0.25, -0.2) is 0 Å². The van der Waals surface area contributed by atoms with Gasteiger partial charge in [-0.05, 0) is 120 Å². The number of pyridine rings is 1. The maximum absolute atomic E-state index is 7.85. The molecular formula is C71H59IrN3O-2.